The number of amides is 2. The van der Waals surface area contributed by atoms with Crippen molar-refractivity contribution >= 4 is 33.4 Å². The van der Waals surface area contributed by atoms with E-state index in [1.165, 1.54) is 24.1 Å². The molecule has 1 atom stereocenters. The number of nitrogens with one attached hydrogen (secondary N) is 1. The van der Waals surface area contributed by atoms with Gasteiger partial charge in [0.05, 0.1) is 11.4 Å². The Hall–Kier alpha value is -3.20. The van der Waals surface area contributed by atoms with Gasteiger partial charge < -0.3 is 10.2 Å². The number of halogens is 1. The topological polar surface area (TPSA) is 86.8 Å². The third-order valence-corrected chi connectivity index (χ3v) is 8.34. The van der Waals surface area contributed by atoms with Gasteiger partial charge in [0.2, 0.25) is 21.8 Å². The fraction of sp³-hybridized carbons (Fsp3) is 0.333. The van der Waals surface area contributed by atoms with E-state index in [0.717, 1.165) is 15.4 Å². The number of rotatable bonds is 10. The third kappa shape index (κ3) is 8.39. The average molecular weight is 570 g/mol. The zero-order valence-corrected chi connectivity index (χ0v) is 24.6. The van der Waals surface area contributed by atoms with Gasteiger partial charge in [0.25, 0.3) is 0 Å². The van der Waals surface area contributed by atoms with Crippen LogP contribution in [0.25, 0.3) is 0 Å². The van der Waals surface area contributed by atoms with Crippen LogP contribution in [0, 0.1) is 6.92 Å². The molecule has 3 aromatic carbocycles. The van der Waals surface area contributed by atoms with Gasteiger partial charge >= 0.3 is 0 Å². The highest BCUT2D eigenvalue weighted by molar-refractivity contribution is 7.89. The zero-order valence-electron chi connectivity index (χ0n) is 23.0. The lowest BCUT2D eigenvalue weighted by Crippen LogP contribution is -2.56. The van der Waals surface area contributed by atoms with Gasteiger partial charge in [0.15, 0.2) is 0 Å². The molecule has 0 spiro atoms. The molecule has 3 rings (SSSR count). The summed E-state index contributed by atoms with van der Waals surface area (Å²) in [5.74, 6) is -0.853. The molecule has 3 aromatic rings. The predicted octanol–water partition coefficient (Wildman–Crippen LogP) is 4.82. The first kappa shape index (κ1) is 30.3. The molecule has 0 aliphatic heterocycles. The van der Waals surface area contributed by atoms with Crippen LogP contribution >= 0.6 is 11.6 Å². The molecule has 39 heavy (non-hydrogen) atoms. The third-order valence-electron chi connectivity index (χ3n) is 6.15. The minimum Gasteiger partial charge on any atom is -0.350 e. The Labute approximate surface area is 236 Å². The number of carbonyl (C=O) groups is 2. The predicted molar refractivity (Wildman–Crippen MR) is 155 cm³/mol. The summed E-state index contributed by atoms with van der Waals surface area (Å²) in [4.78, 5) is 29.1. The van der Waals surface area contributed by atoms with Gasteiger partial charge in [-0.1, -0.05) is 77.8 Å². The van der Waals surface area contributed by atoms with E-state index in [2.05, 4.69) is 5.32 Å². The first-order valence-corrected chi connectivity index (χ1v) is 14.5. The molecule has 0 aliphatic carbocycles. The fourth-order valence-corrected chi connectivity index (χ4v) is 5.39. The number of nitrogens with zero attached hydrogens (tertiary/aromatic N) is 2. The molecule has 0 saturated carbocycles. The van der Waals surface area contributed by atoms with Crippen LogP contribution in [-0.2, 0) is 32.6 Å². The van der Waals surface area contributed by atoms with E-state index in [1.807, 2.05) is 58.0 Å². The van der Waals surface area contributed by atoms with Crippen molar-refractivity contribution in [1.29, 1.82) is 0 Å². The quantitative estimate of drug-likeness (QED) is 0.379. The standard InChI is InChI=1S/C30H36ClN3O4S/c1-22-15-17-25(18-16-22)39(37,38)33(5)21-28(35)34(20-24-13-9-10-14-26(24)31)27(29(36)32-30(2,3)4)19-23-11-7-6-8-12-23/h6-18,27H,19-21H2,1-5H3,(H,32,36)/t27-/m0/s1. The van der Waals surface area contributed by atoms with Crippen molar-refractivity contribution < 1.29 is 18.0 Å². The highest BCUT2D eigenvalue weighted by atomic mass is 35.5. The average Bonchev–Trinajstić information content (AvgIpc) is 2.87. The minimum absolute atomic E-state index is 0.0337. The summed E-state index contributed by atoms with van der Waals surface area (Å²) in [6, 6.07) is 22.0. The van der Waals surface area contributed by atoms with Gasteiger partial charge in [-0.05, 0) is 57.0 Å². The SMILES string of the molecule is Cc1ccc(S(=O)(=O)N(C)CC(=O)N(Cc2ccccc2Cl)[C@@H](Cc2ccccc2)C(=O)NC(C)(C)C)cc1. The highest BCUT2D eigenvalue weighted by Gasteiger charge is 2.34. The van der Waals surface area contributed by atoms with E-state index in [1.54, 1.807) is 36.4 Å². The van der Waals surface area contributed by atoms with Crippen LogP contribution in [0.15, 0.2) is 83.8 Å². The van der Waals surface area contributed by atoms with E-state index in [4.69, 9.17) is 11.6 Å². The zero-order chi connectivity index (χ0) is 28.8. The highest BCUT2D eigenvalue weighted by Crippen LogP contribution is 2.22. The second-order valence-electron chi connectivity index (χ2n) is 10.6. The molecule has 1 N–H and O–H groups in total. The number of carbonyl (C=O) groups excluding carboxylic acids is 2. The number of aryl methyl sites for hydroxylation is 1. The molecule has 0 aliphatic rings. The maximum absolute atomic E-state index is 13.9. The normalized spacial score (nSPS) is 12.7. The molecule has 0 aromatic heterocycles. The van der Waals surface area contributed by atoms with E-state index in [-0.39, 0.29) is 23.8 Å². The summed E-state index contributed by atoms with van der Waals surface area (Å²) in [5.41, 5.74) is 1.89. The van der Waals surface area contributed by atoms with Crippen LogP contribution in [-0.4, -0.2) is 54.6 Å². The van der Waals surface area contributed by atoms with E-state index in [0.29, 0.717) is 10.6 Å². The first-order valence-electron chi connectivity index (χ1n) is 12.7. The molecule has 0 fully saturated rings. The second kappa shape index (κ2) is 12.8. The van der Waals surface area contributed by atoms with Crippen LogP contribution in [0.2, 0.25) is 5.02 Å². The number of hydrogen-bond acceptors (Lipinski definition) is 4. The van der Waals surface area contributed by atoms with Gasteiger partial charge in [-0.3, -0.25) is 9.59 Å². The molecule has 0 bridgehead atoms. The Bertz CT molecular complexity index is 1390. The van der Waals surface area contributed by atoms with E-state index < -0.39 is 34.1 Å². The van der Waals surface area contributed by atoms with Crippen LogP contribution < -0.4 is 5.32 Å². The molecule has 0 unspecified atom stereocenters. The monoisotopic (exact) mass is 569 g/mol. The van der Waals surface area contributed by atoms with Gasteiger partial charge in [-0.2, -0.15) is 4.31 Å². The molecular weight excluding hydrogens is 534 g/mol. The second-order valence-corrected chi connectivity index (χ2v) is 13.1. The molecule has 0 radical (unpaired) electrons. The molecule has 7 nitrogen and oxygen atoms in total. The summed E-state index contributed by atoms with van der Waals surface area (Å²) in [6.45, 7) is 7.05. The van der Waals surface area contributed by atoms with E-state index >= 15 is 0 Å². The maximum Gasteiger partial charge on any atom is 0.243 e. The van der Waals surface area contributed by atoms with Crippen LogP contribution in [0.4, 0.5) is 0 Å². The summed E-state index contributed by atoms with van der Waals surface area (Å²) in [5, 5.41) is 3.44. The van der Waals surface area contributed by atoms with Crippen LogP contribution in [0.1, 0.15) is 37.5 Å². The van der Waals surface area contributed by atoms with Crippen LogP contribution in [0.3, 0.4) is 0 Å². The van der Waals surface area contributed by atoms with Crippen LogP contribution in [0.5, 0.6) is 0 Å². The van der Waals surface area contributed by atoms with Gasteiger partial charge in [-0.15, -0.1) is 0 Å². The summed E-state index contributed by atoms with van der Waals surface area (Å²) in [6.07, 6.45) is 0.243. The fourth-order valence-electron chi connectivity index (χ4n) is 4.07. The van der Waals surface area contributed by atoms with Crippen molar-refractivity contribution in [2.45, 2.75) is 57.1 Å². The number of likely N-dealkylation sites (N-methyl/N-ethyl adjacent to an activating group) is 1. The number of sulfonamides is 1. The van der Waals surface area contributed by atoms with Crippen molar-refractivity contribution in [2.75, 3.05) is 13.6 Å². The molecular formula is C30H36ClN3O4S. The lowest BCUT2D eigenvalue weighted by atomic mass is 10.0. The first-order chi connectivity index (χ1) is 18.3. The smallest absolute Gasteiger partial charge is 0.243 e. The van der Waals surface area contributed by atoms with Crippen molar-refractivity contribution in [1.82, 2.24) is 14.5 Å². The van der Waals surface area contributed by atoms with Crippen molar-refractivity contribution in [3.8, 4) is 0 Å². The Morgan fingerprint density at radius 1 is 0.923 bits per heavy atom. The largest absolute Gasteiger partial charge is 0.350 e. The molecule has 2 amide bonds. The molecule has 208 valence electrons. The van der Waals surface area contributed by atoms with Gasteiger partial charge in [-0.25, -0.2) is 8.42 Å². The Kier molecular flexibility index (Phi) is 9.93. The Morgan fingerprint density at radius 2 is 1.51 bits per heavy atom. The summed E-state index contributed by atoms with van der Waals surface area (Å²) >= 11 is 6.45. The van der Waals surface area contributed by atoms with Crippen molar-refractivity contribution in [2.24, 2.45) is 0 Å². The lowest BCUT2D eigenvalue weighted by Gasteiger charge is -2.34. The van der Waals surface area contributed by atoms with Crippen molar-refractivity contribution in [3.05, 3.63) is 101 Å². The number of hydrogen-bond donors (Lipinski definition) is 1. The molecule has 0 heterocycles. The van der Waals surface area contributed by atoms with Gasteiger partial charge in [0.1, 0.15) is 6.04 Å². The number of benzene rings is 3. The Balaban J connectivity index is 2.00. The molecule has 9 heteroatoms. The Morgan fingerprint density at radius 3 is 2.10 bits per heavy atom. The summed E-state index contributed by atoms with van der Waals surface area (Å²) < 4.78 is 27.5. The summed E-state index contributed by atoms with van der Waals surface area (Å²) in [7, 11) is -2.58. The molecule has 0 saturated heterocycles. The maximum atomic E-state index is 13.9. The lowest BCUT2D eigenvalue weighted by molar-refractivity contribution is -0.141. The van der Waals surface area contributed by atoms with Gasteiger partial charge in [0, 0.05) is 30.6 Å². The van der Waals surface area contributed by atoms with E-state index in [9.17, 15) is 18.0 Å². The minimum atomic E-state index is -3.94. The van der Waals surface area contributed by atoms with Crippen molar-refractivity contribution in [3.63, 3.8) is 0 Å².